The van der Waals surface area contributed by atoms with Gasteiger partial charge in [0, 0.05) is 80.6 Å². The van der Waals surface area contributed by atoms with Crippen molar-refractivity contribution in [3.8, 4) is 11.1 Å². The Morgan fingerprint density at radius 2 is 1.95 bits per heavy atom. The summed E-state index contributed by atoms with van der Waals surface area (Å²) in [5.41, 5.74) is 6.32. The second-order valence-electron chi connectivity index (χ2n) is 11.3. The molecule has 1 aliphatic carbocycles. The predicted octanol–water partition coefficient (Wildman–Crippen LogP) is 3.27. The molecule has 0 bridgehead atoms. The Bertz CT molecular complexity index is 1670. The minimum atomic E-state index is -0.534. The lowest BCUT2D eigenvalue weighted by Crippen LogP contribution is -2.45. The van der Waals surface area contributed by atoms with E-state index in [1.165, 1.54) is 28.0 Å². The smallest absolute Gasteiger partial charge is 0.274 e. The van der Waals surface area contributed by atoms with Gasteiger partial charge < -0.3 is 35.1 Å². The van der Waals surface area contributed by atoms with Crippen LogP contribution in [0.25, 0.3) is 11.1 Å². The number of halogens is 1. The van der Waals surface area contributed by atoms with E-state index in [1.54, 1.807) is 24.2 Å². The first-order valence-corrected chi connectivity index (χ1v) is 14.5. The van der Waals surface area contributed by atoms with Crippen LogP contribution in [0, 0.1) is 11.7 Å². The number of anilines is 2. The van der Waals surface area contributed by atoms with Crippen molar-refractivity contribution in [1.82, 2.24) is 19.8 Å². The topological polar surface area (TPSA) is 104 Å². The number of allylic oxidation sites excluding steroid dienone is 1. The summed E-state index contributed by atoms with van der Waals surface area (Å²) in [6, 6.07) is 6.27. The molecule has 3 aliphatic rings. The van der Waals surface area contributed by atoms with Crippen LogP contribution in [0.5, 0.6) is 0 Å². The number of carbonyl (C=O) groups is 1. The highest BCUT2D eigenvalue weighted by Gasteiger charge is 2.32. The van der Waals surface area contributed by atoms with Gasteiger partial charge >= 0.3 is 0 Å². The van der Waals surface area contributed by atoms with Crippen LogP contribution >= 0.6 is 0 Å². The number of fused-ring (bicyclic) bond motifs is 3. The van der Waals surface area contributed by atoms with Crippen molar-refractivity contribution in [1.29, 1.82) is 0 Å². The molecule has 220 valence electrons. The highest BCUT2D eigenvalue weighted by molar-refractivity contribution is 6.07. The number of nitrogens with one attached hydrogen (secondary N) is 3. The van der Waals surface area contributed by atoms with Crippen LogP contribution in [0.3, 0.4) is 0 Å². The largest absolute Gasteiger partial charge is 0.392 e. The van der Waals surface area contributed by atoms with Crippen LogP contribution in [0.15, 0.2) is 59.3 Å². The number of benzene rings is 1. The molecule has 10 heteroatoms. The zero-order valence-electron chi connectivity index (χ0n) is 24.1. The lowest BCUT2D eigenvalue weighted by molar-refractivity contribution is 0.0964. The van der Waals surface area contributed by atoms with Gasteiger partial charge in [0.2, 0.25) is 0 Å². The molecule has 4 heterocycles. The van der Waals surface area contributed by atoms with E-state index in [4.69, 9.17) is 0 Å². The number of aromatic nitrogens is 2. The lowest BCUT2D eigenvalue weighted by atomic mass is 9.97. The van der Waals surface area contributed by atoms with Gasteiger partial charge in [0.1, 0.15) is 17.2 Å². The molecule has 2 aliphatic heterocycles. The molecule has 0 radical (unpaired) electrons. The Hall–Kier alpha value is -4.15. The SMILES string of the molecule is C=C(/C=C(\NC)C1CNC1)Nc1cc(-c2cc(F)cc(N3CCn4c(cc5c4CCCC5)C3=O)c2CO)cn(C)c1=O. The normalized spacial score (nSPS) is 17.0. The molecule has 1 saturated heterocycles. The predicted molar refractivity (Wildman–Crippen MR) is 162 cm³/mol. The number of aliphatic hydroxyl groups is 1. The summed E-state index contributed by atoms with van der Waals surface area (Å²) in [5.74, 6) is -0.380. The highest BCUT2D eigenvalue weighted by atomic mass is 19.1. The first-order chi connectivity index (χ1) is 20.3. The molecule has 1 aromatic carbocycles. The van der Waals surface area contributed by atoms with Crippen molar-refractivity contribution < 1.29 is 14.3 Å². The van der Waals surface area contributed by atoms with Crippen molar-refractivity contribution >= 4 is 17.3 Å². The Balaban J connectivity index is 1.36. The third-order valence-electron chi connectivity index (χ3n) is 8.69. The van der Waals surface area contributed by atoms with Crippen LogP contribution in [-0.4, -0.2) is 46.8 Å². The summed E-state index contributed by atoms with van der Waals surface area (Å²) < 4.78 is 18.8. The first kappa shape index (κ1) is 28.0. The summed E-state index contributed by atoms with van der Waals surface area (Å²) in [4.78, 5) is 28.4. The number of carbonyl (C=O) groups excluding carboxylic acids is 1. The molecule has 0 saturated carbocycles. The average molecular weight is 573 g/mol. The maximum atomic E-state index is 15.2. The second-order valence-corrected chi connectivity index (χ2v) is 11.3. The van der Waals surface area contributed by atoms with Gasteiger partial charge in [0.15, 0.2) is 0 Å². The number of hydrogen-bond acceptors (Lipinski definition) is 6. The summed E-state index contributed by atoms with van der Waals surface area (Å²) in [5, 5.41) is 20.1. The summed E-state index contributed by atoms with van der Waals surface area (Å²) in [6.07, 6.45) is 7.66. The molecule has 0 atom stereocenters. The average Bonchev–Trinajstić information content (AvgIpc) is 3.33. The molecular weight excluding hydrogens is 535 g/mol. The van der Waals surface area contributed by atoms with Gasteiger partial charge in [-0.1, -0.05) is 6.58 Å². The maximum absolute atomic E-state index is 15.2. The number of amides is 1. The summed E-state index contributed by atoms with van der Waals surface area (Å²) >= 11 is 0. The lowest BCUT2D eigenvalue weighted by Gasteiger charge is -2.31. The molecule has 1 amide bonds. The highest BCUT2D eigenvalue weighted by Crippen LogP contribution is 2.36. The van der Waals surface area contributed by atoms with Gasteiger partial charge in [-0.05, 0) is 67.2 Å². The Kier molecular flexibility index (Phi) is 7.51. The number of aliphatic hydroxyl groups excluding tert-OH is 1. The van der Waals surface area contributed by atoms with Gasteiger partial charge in [-0.3, -0.25) is 9.59 Å². The van der Waals surface area contributed by atoms with E-state index in [2.05, 4.69) is 27.1 Å². The standard InChI is InChI=1S/C32H37FN6O3/c1-19(10-26(34-2)22-15-35-16-22)36-27-11-21(17-37(3)31(27)41)24-13-23(33)14-29(25(24)18-40)39-9-8-38-28-7-5-4-6-20(28)12-30(38)32(39)42/h10-14,17,22,34-36,40H,1,4-9,15-16,18H2,2-3H3/b26-10-. The van der Waals surface area contributed by atoms with Gasteiger partial charge in [0.25, 0.3) is 11.5 Å². The molecule has 0 unspecified atom stereocenters. The number of nitrogens with zero attached hydrogens (tertiary/aromatic N) is 3. The Morgan fingerprint density at radius 1 is 1.17 bits per heavy atom. The van der Waals surface area contributed by atoms with Crippen LogP contribution < -0.4 is 26.4 Å². The molecule has 2 aromatic heterocycles. The third kappa shape index (κ3) is 4.94. The van der Waals surface area contributed by atoms with Crippen molar-refractivity contribution in [2.45, 2.75) is 38.8 Å². The monoisotopic (exact) mass is 572 g/mol. The fourth-order valence-electron chi connectivity index (χ4n) is 6.40. The van der Waals surface area contributed by atoms with E-state index in [1.807, 2.05) is 19.2 Å². The van der Waals surface area contributed by atoms with Gasteiger partial charge in [-0.25, -0.2) is 4.39 Å². The van der Waals surface area contributed by atoms with Crippen molar-refractivity contribution in [3.63, 3.8) is 0 Å². The molecule has 9 nitrogen and oxygen atoms in total. The second kappa shape index (κ2) is 11.3. The Morgan fingerprint density at radius 3 is 2.67 bits per heavy atom. The Labute approximate surface area is 244 Å². The molecular formula is C32H37FN6O3. The van der Waals surface area contributed by atoms with Crippen LogP contribution in [0.1, 0.15) is 40.2 Å². The van der Waals surface area contributed by atoms with Crippen LogP contribution in [0.2, 0.25) is 0 Å². The molecule has 0 spiro atoms. The number of aryl methyl sites for hydroxylation is 2. The molecule has 1 fully saturated rings. The number of rotatable bonds is 8. The fourth-order valence-corrected chi connectivity index (χ4v) is 6.40. The molecule has 4 N–H and O–H groups in total. The van der Waals surface area contributed by atoms with Crippen LogP contribution in [0.4, 0.5) is 15.8 Å². The van der Waals surface area contributed by atoms with E-state index >= 15 is 4.39 Å². The van der Waals surface area contributed by atoms with Crippen LogP contribution in [-0.2, 0) is 33.0 Å². The van der Waals surface area contributed by atoms with E-state index in [-0.39, 0.29) is 17.2 Å². The summed E-state index contributed by atoms with van der Waals surface area (Å²) in [6.45, 7) is 6.41. The van der Waals surface area contributed by atoms with E-state index in [9.17, 15) is 14.7 Å². The maximum Gasteiger partial charge on any atom is 0.274 e. The van der Waals surface area contributed by atoms with Gasteiger partial charge in [0.05, 0.1) is 12.3 Å². The third-order valence-corrected chi connectivity index (χ3v) is 8.69. The van der Waals surface area contributed by atoms with E-state index < -0.39 is 12.4 Å². The first-order valence-electron chi connectivity index (χ1n) is 14.5. The minimum absolute atomic E-state index is 0.199. The number of pyridine rings is 1. The fraction of sp³-hybridized carbons (Fsp3) is 0.375. The number of hydrogen-bond donors (Lipinski definition) is 4. The zero-order chi connectivity index (χ0) is 29.5. The minimum Gasteiger partial charge on any atom is -0.392 e. The van der Waals surface area contributed by atoms with E-state index in [0.717, 1.165) is 44.5 Å². The summed E-state index contributed by atoms with van der Waals surface area (Å²) in [7, 11) is 3.48. The van der Waals surface area contributed by atoms with Crippen molar-refractivity contribution in [3.05, 3.63) is 93.2 Å². The quantitative estimate of drug-likeness (QED) is 0.309. The molecule has 6 rings (SSSR count). The van der Waals surface area contributed by atoms with Crippen molar-refractivity contribution in [2.24, 2.45) is 13.0 Å². The van der Waals surface area contributed by atoms with Gasteiger partial charge in [-0.15, -0.1) is 0 Å². The zero-order valence-corrected chi connectivity index (χ0v) is 24.1. The molecule has 42 heavy (non-hydrogen) atoms. The molecule has 3 aromatic rings. The van der Waals surface area contributed by atoms with Gasteiger partial charge in [-0.2, -0.15) is 0 Å². The van der Waals surface area contributed by atoms with Crippen molar-refractivity contribution in [2.75, 3.05) is 36.9 Å². The van der Waals surface area contributed by atoms with E-state index in [0.29, 0.717) is 52.8 Å².